The molecule has 0 aromatic carbocycles. The highest BCUT2D eigenvalue weighted by Gasteiger charge is 2.70. The molecule has 11 N–H and O–H groups in total. The first kappa shape index (κ1) is 51.4. The fourth-order valence-electron chi connectivity index (χ4n) is 15.0. The Balaban J connectivity index is 1.01. The van der Waals surface area contributed by atoms with E-state index in [1.165, 1.54) is 5.57 Å². The Morgan fingerprint density at radius 3 is 1.82 bits per heavy atom. The monoisotopic (exact) mass is 956 g/mol. The Labute approximate surface area is 391 Å². The summed E-state index contributed by atoms with van der Waals surface area (Å²) in [6.07, 6.45) is -16.3. The zero-order chi connectivity index (χ0) is 49.1. The summed E-state index contributed by atoms with van der Waals surface area (Å²) in [5.41, 5.74) is -0.914. The molecule has 4 saturated carbocycles. The Kier molecular flexibility index (Phi) is 13.8. The zero-order valence-electron chi connectivity index (χ0n) is 39.7. The number of allylic oxidation sites excluding steroid dienone is 2. The van der Waals surface area contributed by atoms with Gasteiger partial charge in [0.2, 0.25) is 6.29 Å². The number of fused-ring (bicyclic) bond motifs is 7. The molecule has 0 amide bonds. The lowest BCUT2D eigenvalue weighted by Crippen LogP contribution is -2.67. The average Bonchev–Trinajstić information content (AvgIpc) is 3.26. The molecule has 7 fully saturated rings. The molecule has 0 bridgehead atoms. The third kappa shape index (κ3) is 8.06. The number of aliphatic carboxylic acids is 1. The van der Waals surface area contributed by atoms with E-state index in [-0.39, 0.29) is 39.4 Å². The van der Waals surface area contributed by atoms with E-state index in [0.717, 1.165) is 38.5 Å². The van der Waals surface area contributed by atoms with Gasteiger partial charge in [0, 0.05) is 0 Å². The van der Waals surface area contributed by atoms with Gasteiger partial charge in [0.25, 0.3) is 0 Å². The van der Waals surface area contributed by atoms with Crippen molar-refractivity contribution in [3.8, 4) is 0 Å². The standard InChI is InChI=1S/C48H76O19/c1-43(2)14-16-48(42(61)67-40-34(57)31(54)29(52)24(20-50)63-40)17-15-46(6)21(22(48)18-43)8-9-26-45(5)12-11-27(44(3,4)25(45)10-13-47(26,46)7)64-41-35(58)32(55)36(37(66-41)38(59)60)65-39-33(56)30(53)28(51)23(19-49)62-39/h8,22-37,39-41,49-58H,9-20H2,1-7H3,(H,59,60)/t22-,23+,24+,25-,26+,27-,28-,29+,30-,31-,32+,33-,34+,35-,36+,37-,39-,40-,41+,45-,46+,47+,48-/m0/s1. The van der Waals surface area contributed by atoms with Crippen LogP contribution in [0.25, 0.3) is 0 Å². The highest BCUT2D eigenvalue weighted by molar-refractivity contribution is 5.79. The molecule has 23 atom stereocenters. The van der Waals surface area contributed by atoms with E-state index >= 15 is 0 Å². The molecule has 3 aliphatic heterocycles. The van der Waals surface area contributed by atoms with Gasteiger partial charge in [0.15, 0.2) is 18.7 Å². The maximum atomic E-state index is 14.7. The zero-order valence-corrected chi connectivity index (χ0v) is 39.7. The average molecular weight is 957 g/mol. The van der Waals surface area contributed by atoms with Crippen molar-refractivity contribution < 1.29 is 94.2 Å². The van der Waals surface area contributed by atoms with Crippen molar-refractivity contribution >= 4 is 11.9 Å². The van der Waals surface area contributed by atoms with E-state index in [2.05, 4.69) is 54.5 Å². The second kappa shape index (κ2) is 18.0. The maximum absolute atomic E-state index is 14.7. The van der Waals surface area contributed by atoms with Gasteiger partial charge in [0.1, 0.15) is 67.1 Å². The van der Waals surface area contributed by atoms with Crippen molar-refractivity contribution in [3.63, 3.8) is 0 Å². The summed E-state index contributed by atoms with van der Waals surface area (Å²) in [6, 6.07) is 0. The predicted octanol–water partition coefficient (Wildman–Crippen LogP) is 0.233. The summed E-state index contributed by atoms with van der Waals surface area (Å²) in [5, 5.41) is 115. The molecule has 0 radical (unpaired) electrons. The van der Waals surface area contributed by atoms with E-state index in [0.29, 0.717) is 25.7 Å². The minimum absolute atomic E-state index is 0.0745. The van der Waals surface area contributed by atoms with E-state index in [1.807, 2.05) is 0 Å². The molecule has 0 spiro atoms. The van der Waals surface area contributed by atoms with E-state index in [1.54, 1.807) is 0 Å². The van der Waals surface area contributed by atoms with Gasteiger partial charge in [-0.2, -0.15) is 0 Å². The van der Waals surface area contributed by atoms with Crippen LogP contribution in [-0.2, 0) is 38.0 Å². The number of hydrogen-bond donors (Lipinski definition) is 11. The summed E-state index contributed by atoms with van der Waals surface area (Å²) < 4.78 is 35.0. The van der Waals surface area contributed by atoms with Gasteiger partial charge in [-0.1, -0.05) is 60.1 Å². The Morgan fingerprint density at radius 1 is 0.642 bits per heavy atom. The molecule has 0 unspecified atom stereocenters. The number of rotatable bonds is 9. The van der Waals surface area contributed by atoms with Crippen LogP contribution in [0.3, 0.4) is 0 Å². The number of carbonyl (C=O) groups is 2. The Morgan fingerprint density at radius 2 is 1.21 bits per heavy atom. The quantitative estimate of drug-likeness (QED) is 0.0838. The number of ether oxygens (including phenoxy) is 6. The summed E-state index contributed by atoms with van der Waals surface area (Å²) in [7, 11) is 0. The van der Waals surface area contributed by atoms with Crippen molar-refractivity contribution in [1.29, 1.82) is 0 Å². The highest BCUT2D eigenvalue weighted by atomic mass is 16.7. The number of esters is 1. The first-order valence-electron chi connectivity index (χ1n) is 24.3. The van der Waals surface area contributed by atoms with Crippen molar-refractivity contribution in [1.82, 2.24) is 0 Å². The molecule has 8 rings (SSSR count). The van der Waals surface area contributed by atoms with Gasteiger partial charge in [-0.25, -0.2) is 4.79 Å². The largest absolute Gasteiger partial charge is 0.479 e. The fraction of sp³-hybridized carbons (Fsp3) is 0.917. The fourth-order valence-corrected chi connectivity index (χ4v) is 15.0. The van der Waals surface area contributed by atoms with Crippen LogP contribution in [0, 0.1) is 50.2 Å². The van der Waals surface area contributed by atoms with Gasteiger partial charge in [-0.15, -0.1) is 0 Å². The molecule has 8 aliphatic rings. The van der Waals surface area contributed by atoms with Gasteiger partial charge in [-0.3, -0.25) is 4.79 Å². The molecule has 19 heteroatoms. The van der Waals surface area contributed by atoms with Crippen LogP contribution >= 0.6 is 0 Å². The maximum Gasteiger partial charge on any atom is 0.335 e. The van der Waals surface area contributed by atoms with Gasteiger partial charge in [-0.05, 0) is 109 Å². The van der Waals surface area contributed by atoms with Crippen LogP contribution < -0.4 is 0 Å². The van der Waals surface area contributed by atoms with E-state index < -0.39 is 134 Å². The first-order chi connectivity index (χ1) is 31.2. The normalized spacial score (nSPS) is 52.6. The molecular weight excluding hydrogens is 881 g/mol. The number of hydrogen-bond acceptors (Lipinski definition) is 18. The SMILES string of the molecule is CC1(C)CC[C@]2(C(=O)O[C@@H]3O[C@H](CO)[C@@H](O)[C@H](O)[C@H]3O)CC[C@]3(C)C(=CC[C@@H]4[C@@]5(C)CC[C@H](O[C@@H]6O[C@H](C(=O)O)[C@H](O[C@@H]7O[C@H](CO)[C@H](O)[C@H](O)[C@@H]7O)[C@H](O)[C@@H]6O)C(C)(C)[C@@H]5CC[C@]43C)[C@@H]2C1. The van der Waals surface area contributed by atoms with Crippen LogP contribution in [0.5, 0.6) is 0 Å². The Bertz CT molecular complexity index is 1870. The van der Waals surface area contributed by atoms with E-state index in [9.17, 15) is 65.8 Å². The van der Waals surface area contributed by atoms with Crippen LogP contribution in [0.2, 0.25) is 0 Å². The lowest BCUT2D eigenvalue weighted by atomic mass is 9.33. The molecular formula is C48H76O19. The van der Waals surface area contributed by atoms with Crippen molar-refractivity contribution in [2.75, 3.05) is 13.2 Å². The van der Waals surface area contributed by atoms with Crippen LogP contribution in [0.1, 0.15) is 113 Å². The molecule has 0 aromatic heterocycles. The molecule has 382 valence electrons. The van der Waals surface area contributed by atoms with E-state index in [4.69, 9.17) is 28.4 Å². The second-order valence-corrected chi connectivity index (χ2v) is 23.5. The second-order valence-electron chi connectivity index (χ2n) is 23.5. The minimum atomic E-state index is -1.91. The molecule has 0 aromatic rings. The van der Waals surface area contributed by atoms with Crippen molar-refractivity contribution in [3.05, 3.63) is 11.6 Å². The first-order valence-corrected chi connectivity index (χ1v) is 24.3. The molecule has 19 nitrogen and oxygen atoms in total. The lowest BCUT2D eigenvalue weighted by Gasteiger charge is -2.71. The molecule has 5 aliphatic carbocycles. The lowest BCUT2D eigenvalue weighted by molar-refractivity contribution is -0.363. The van der Waals surface area contributed by atoms with Gasteiger partial charge in [0.05, 0.1) is 24.7 Å². The summed E-state index contributed by atoms with van der Waals surface area (Å²) in [4.78, 5) is 27.3. The van der Waals surface area contributed by atoms with Crippen LogP contribution in [-0.4, -0.2) is 180 Å². The number of carbonyl (C=O) groups excluding carboxylic acids is 1. The topological polar surface area (TPSA) is 312 Å². The van der Waals surface area contributed by atoms with Crippen LogP contribution in [0.15, 0.2) is 11.6 Å². The number of carboxylic acid groups (broad SMARTS) is 1. The number of aliphatic hydroxyl groups excluding tert-OH is 10. The number of carboxylic acids is 1. The van der Waals surface area contributed by atoms with Crippen molar-refractivity contribution in [2.45, 2.75) is 211 Å². The van der Waals surface area contributed by atoms with Gasteiger partial charge >= 0.3 is 11.9 Å². The van der Waals surface area contributed by atoms with Crippen LogP contribution in [0.4, 0.5) is 0 Å². The smallest absolute Gasteiger partial charge is 0.335 e. The summed E-state index contributed by atoms with van der Waals surface area (Å²) in [6.45, 7) is 14.4. The Hall–Kier alpha value is -1.92. The molecule has 67 heavy (non-hydrogen) atoms. The van der Waals surface area contributed by atoms with Crippen molar-refractivity contribution in [2.24, 2.45) is 50.2 Å². The van der Waals surface area contributed by atoms with Gasteiger partial charge < -0.3 is 84.6 Å². The molecule has 3 saturated heterocycles. The third-order valence-corrected chi connectivity index (χ3v) is 19.3. The highest BCUT2D eigenvalue weighted by Crippen LogP contribution is 2.76. The molecule has 3 heterocycles. The number of aliphatic hydroxyl groups is 10. The summed E-state index contributed by atoms with van der Waals surface area (Å²) >= 11 is 0. The summed E-state index contributed by atoms with van der Waals surface area (Å²) in [5.74, 6) is -1.88. The minimum Gasteiger partial charge on any atom is -0.479 e. The predicted molar refractivity (Wildman–Crippen MR) is 231 cm³/mol. The third-order valence-electron chi connectivity index (χ3n) is 19.3.